The molecule has 1 aliphatic heterocycles. The lowest BCUT2D eigenvalue weighted by Crippen LogP contribution is -2.46. The molecule has 1 fully saturated rings. The molecule has 150 valence electrons. The second kappa shape index (κ2) is 10.4. The molecule has 0 atom stereocenters. The summed E-state index contributed by atoms with van der Waals surface area (Å²) in [7, 11) is 0. The standard InChI is InChI=1S/C20H20Cl2N4.2ClH/c21-18-7-6-17(12-19(18)22)26-10-8-25(9-11-26)14-16-13-23-20(24-16)15-4-2-1-3-5-15;;/h1-7,12-13H,8-11,14H2,(H,23,24);2*1H. The molecule has 0 spiro atoms. The fourth-order valence-electron chi connectivity index (χ4n) is 3.27. The van der Waals surface area contributed by atoms with Crippen LogP contribution in [0.25, 0.3) is 11.4 Å². The number of piperazine rings is 1. The fourth-order valence-corrected chi connectivity index (χ4v) is 3.56. The molecule has 4 rings (SSSR count). The van der Waals surface area contributed by atoms with Crippen LogP contribution in [0.1, 0.15) is 5.69 Å². The Morgan fingerprint density at radius 2 is 1.61 bits per heavy atom. The third-order valence-corrected chi connectivity index (χ3v) is 5.45. The highest BCUT2D eigenvalue weighted by atomic mass is 35.5. The van der Waals surface area contributed by atoms with Crippen LogP contribution in [-0.4, -0.2) is 41.0 Å². The van der Waals surface area contributed by atoms with Gasteiger partial charge in [-0.3, -0.25) is 4.90 Å². The molecule has 0 saturated carbocycles. The first-order valence-electron chi connectivity index (χ1n) is 8.71. The average Bonchev–Trinajstić information content (AvgIpc) is 3.14. The van der Waals surface area contributed by atoms with Gasteiger partial charge in [0.05, 0.1) is 10.0 Å². The zero-order chi connectivity index (χ0) is 17.9. The van der Waals surface area contributed by atoms with Crippen LogP contribution in [-0.2, 0) is 6.54 Å². The molecule has 1 aliphatic rings. The molecule has 1 saturated heterocycles. The van der Waals surface area contributed by atoms with Gasteiger partial charge in [-0.25, -0.2) is 4.98 Å². The third-order valence-electron chi connectivity index (χ3n) is 4.71. The minimum Gasteiger partial charge on any atom is -0.369 e. The van der Waals surface area contributed by atoms with E-state index in [1.54, 1.807) is 0 Å². The topological polar surface area (TPSA) is 35.2 Å². The number of nitrogens with one attached hydrogen (secondary N) is 1. The first kappa shape index (κ1) is 22.9. The Balaban J connectivity index is 0.00000140. The number of halogens is 4. The van der Waals surface area contributed by atoms with Gasteiger partial charge >= 0.3 is 0 Å². The van der Waals surface area contributed by atoms with Crippen LogP contribution < -0.4 is 4.90 Å². The normalized spacial score (nSPS) is 14.3. The lowest BCUT2D eigenvalue weighted by atomic mass is 10.2. The summed E-state index contributed by atoms with van der Waals surface area (Å²) in [6, 6.07) is 16.0. The van der Waals surface area contributed by atoms with E-state index in [-0.39, 0.29) is 24.8 Å². The van der Waals surface area contributed by atoms with Gasteiger partial charge in [-0.05, 0) is 18.2 Å². The van der Waals surface area contributed by atoms with Crippen LogP contribution in [0.2, 0.25) is 10.0 Å². The van der Waals surface area contributed by atoms with E-state index in [0.717, 1.165) is 55.5 Å². The van der Waals surface area contributed by atoms with Crippen LogP contribution in [0, 0.1) is 0 Å². The lowest BCUT2D eigenvalue weighted by Gasteiger charge is -2.36. The first-order chi connectivity index (χ1) is 12.7. The molecule has 28 heavy (non-hydrogen) atoms. The number of aromatic amines is 1. The molecular weight excluding hydrogens is 438 g/mol. The van der Waals surface area contributed by atoms with Crippen LogP contribution in [0.15, 0.2) is 54.7 Å². The van der Waals surface area contributed by atoms with Crippen molar-refractivity contribution in [3.8, 4) is 11.4 Å². The van der Waals surface area contributed by atoms with Gasteiger partial charge in [-0.2, -0.15) is 0 Å². The van der Waals surface area contributed by atoms with Crippen LogP contribution >= 0.6 is 48.0 Å². The molecule has 0 bridgehead atoms. The minimum atomic E-state index is 0. The van der Waals surface area contributed by atoms with Crippen molar-refractivity contribution in [1.82, 2.24) is 14.9 Å². The van der Waals surface area contributed by atoms with Crippen molar-refractivity contribution in [2.75, 3.05) is 31.1 Å². The van der Waals surface area contributed by atoms with E-state index in [9.17, 15) is 0 Å². The molecule has 1 aromatic heterocycles. The minimum absolute atomic E-state index is 0. The maximum Gasteiger partial charge on any atom is 0.137 e. The Labute approximate surface area is 187 Å². The first-order valence-corrected chi connectivity index (χ1v) is 9.46. The molecule has 2 heterocycles. The smallest absolute Gasteiger partial charge is 0.137 e. The molecule has 0 amide bonds. The Bertz CT molecular complexity index is 877. The summed E-state index contributed by atoms with van der Waals surface area (Å²) in [6.07, 6.45) is 1.94. The van der Waals surface area contributed by atoms with E-state index in [0.29, 0.717) is 10.0 Å². The Kier molecular flexibility index (Phi) is 8.47. The Morgan fingerprint density at radius 1 is 0.893 bits per heavy atom. The highest BCUT2D eigenvalue weighted by molar-refractivity contribution is 6.42. The van der Waals surface area contributed by atoms with Crippen molar-refractivity contribution in [2.24, 2.45) is 0 Å². The van der Waals surface area contributed by atoms with Crippen molar-refractivity contribution in [1.29, 1.82) is 0 Å². The number of nitrogens with zero attached hydrogens (tertiary/aromatic N) is 3. The van der Waals surface area contributed by atoms with Crippen molar-refractivity contribution in [2.45, 2.75) is 6.54 Å². The van der Waals surface area contributed by atoms with Crippen molar-refractivity contribution >= 4 is 53.7 Å². The molecule has 0 radical (unpaired) electrons. The zero-order valence-corrected chi connectivity index (χ0v) is 18.3. The second-order valence-electron chi connectivity index (χ2n) is 6.48. The maximum absolute atomic E-state index is 6.14. The van der Waals surface area contributed by atoms with Gasteiger partial charge in [-0.1, -0.05) is 53.5 Å². The molecule has 4 nitrogen and oxygen atoms in total. The Morgan fingerprint density at radius 3 is 2.29 bits per heavy atom. The summed E-state index contributed by atoms with van der Waals surface area (Å²) in [4.78, 5) is 12.7. The molecule has 1 N–H and O–H groups in total. The SMILES string of the molecule is Cl.Cl.Clc1ccc(N2CCN(Cc3cnc(-c4ccccc4)[nH]3)CC2)cc1Cl. The van der Waals surface area contributed by atoms with E-state index in [1.165, 1.54) is 0 Å². The number of imidazole rings is 1. The number of aromatic nitrogens is 2. The highest BCUT2D eigenvalue weighted by Gasteiger charge is 2.18. The molecule has 8 heteroatoms. The molecule has 2 aromatic carbocycles. The van der Waals surface area contributed by atoms with Crippen LogP contribution in [0.4, 0.5) is 5.69 Å². The third kappa shape index (κ3) is 5.34. The second-order valence-corrected chi connectivity index (χ2v) is 7.30. The van der Waals surface area contributed by atoms with Gasteiger partial charge in [0.15, 0.2) is 0 Å². The summed E-state index contributed by atoms with van der Waals surface area (Å²) < 4.78 is 0. The lowest BCUT2D eigenvalue weighted by molar-refractivity contribution is 0.247. The van der Waals surface area contributed by atoms with E-state index in [1.807, 2.05) is 42.6 Å². The average molecular weight is 460 g/mol. The summed E-state index contributed by atoms with van der Waals surface area (Å²) >= 11 is 12.2. The number of anilines is 1. The van der Waals surface area contributed by atoms with E-state index >= 15 is 0 Å². The summed E-state index contributed by atoms with van der Waals surface area (Å²) in [5.74, 6) is 0.926. The molecule has 0 aliphatic carbocycles. The van der Waals surface area contributed by atoms with Gasteiger partial charge in [-0.15, -0.1) is 24.8 Å². The van der Waals surface area contributed by atoms with Gasteiger partial charge in [0.1, 0.15) is 5.82 Å². The summed E-state index contributed by atoms with van der Waals surface area (Å²) in [5.41, 5.74) is 3.39. The van der Waals surface area contributed by atoms with Gasteiger partial charge in [0.2, 0.25) is 0 Å². The Hall–Kier alpha value is -1.43. The predicted octanol–water partition coefficient (Wildman–Crippen LogP) is 5.55. The molecule has 0 unspecified atom stereocenters. The van der Waals surface area contributed by atoms with Gasteiger partial charge < -0.3 is 9.88 Å². The monoisotopic (exact) mass is 458 g/mol. The van der Waals surface area contributed by atoms with Crippen molar-refractivity contribution < 1.29 is 0 Å². The number of benzene rings is 2. The highest BCUT2D eigenvalue weighted by Crippen LogP contribution is 2.28. The van der Waals surface area contributed by atoms with Crippen LogP contribution in [0.3, 0.4) is 0 Å². The fraction of sp³-hybridized carbons (Fsp3) is 0.250. The number of rotatable bonds is 4. The largest absolute Gasteiger partial charge is 0.369 e. The van der Waals surface area contributed by atoms with Crippen molar-refractivity contribution in [3.05, 3.63) is 70.5 Å². The van der Waals surface area contributed by atoms with E-state index in [2.05, 4.69) is 31.9 Å². The quantitative estimate of drug-likeness (QED) is 0.555. The molecular formula is C20H22Cl4N4. The van der Waals surface area contributed by atoms with E-state index < -0.39 is 0 Å². The summed E-state index contributed by atoms with van der Waals surface area (Å²) in [6.45, 7) is 4.82. The number of H-pyrrole nitrogens is 1. The zero-order valence-electron chi connectivity index (χ0n) is 15.1. The van der Waals surface area contributed by atoms with Crippen molar-refractivity contribution in [3.63, 3.8) is 0 Å². The number of hydrogen-bond donors (Lipinski definition) is 1. The summed E-state index contributed by atoms with van der Waals surface area (Å²) in [5, 5.41) is 1.21. The predicted molar refractivity (Wildman–Crippen MR) is 122 cm³/mol. The van der Waals surface area contributed by atoms with Gasteiger partial charge in [0, 0.05) is 55.9 Å². The number of hydrogen-bond acceptors (Lipinski definition) is 3. The van der Waals surface area contributed by atoms with Gasteiger partial charge in [0.25, 0.3) is 0 Å². The maximum atomic E-state index is 6.14. The van der Waals surface area contributed by atoms with E-state index in [4.69, 9.17) is 23.2 Å². The van der Waals surface area contributed by atoms with Crippen LogP contribution in [0.5, 0.6) is 0 Å². The molecule has 3 aromatic rings.